The van der Waals surface area contributed by atoms with Gasteiger partial charge in [0.2, 0.25) is 0 Å². The van der Waals surface area contributed by atoms with Gasteiger partial charge in [-0.15, -0.1) is 5.46 Å². The molecule has 0 radical (unpaired) electrons. The maximum Gasteiger partial charge on any atom is 1.00 e. The molecule has 0 spiro atoms. The molecule has 0 atom stereocenters. The van der Waals surface area contributed by atoms with E-state index >= 15 is 0 Å². The first kappa shape index (κ1) is 17.7. The van der Waals surface area contributed by atoms with Crippen molar-refractivity contribution in [3.63, 3.8) is 0 Å². The van der Waals surface area contributed by atoms with E-state index in [1.54, 1.807) is 25.3 Å². The molecule has 100 valence electrons. The molecule has 7 heteroatoms. The fourth-order valence-electron chi connectivity index (χ4n) is 1.67. The SMILES string of the molecule is Cc1cc([B-](F)(F)F)ccc1OCc1ccccn1.[K+]. The quantitative estimate of drug-likeness (QED) is 0.744. The Bertz CT molecular complexity index is 563. The Hall–Kier alpha value is -0.339. The van der Waals surface area contributed by atoms with E-state index in [0.717, 1.165) is 17.8 Å². The molecule has 0 bridgehead atoms. The van der Waals surface area contributed by atoms with Crippen molar-refractivity contribution in [2.45, 2.75) is 13.5 Å². The fraction of sp³-hybridized carbons (Fsp3) is 0.154. The maximum absolute atomic E-state index is 12.6. The molecule has 2 aromatic rings. The molecule has 2 rings (SSSR count). The van der Waals surface area contributed by atoms with Gasteiger partial charge in [-0.2, -0.15) is 0 Å². The summed E-state index contributed by atoms with van der Waals surface area (Å²) in [7, 11) is 0. The molecule has 0 aliphatic carbocycles. The van der Waals surface area contributed by atoms with Gasteiger partial charge in [-0.25, -0.2) is 0 Å². The average molecular weight is 305 g/mol. The van der Waals surface area contributed by atoms with Crippen LogP contribution < -0.4 is 61.6 Å². The Morgan fingerprint density at radius 3 is 2.45 bits per heavy atom. The second-order valence-electron chi connectivity index (χ2n) is 4.21. The normalized spacial score (nSPS) is 10.8. The van der Waals surface area contributed by atoms with Crippen molar-refractivity contribution in [3.05, 3.63) is 53.9 Å². The van der Waals surface area contributed by atoms with Gasteiger partial charge in [0, 0.05) is 6.20 Å². The summed E-state index contributed by atoms with van der Waals surface area (Å²) in [5, 5.41) is 0. The summed E-state index contributed by atoms with van der Waals surface area (Å²) in [5.74, 6) is 0.439. The molecule has 0 N–H and O–H groups in total. The molecular weight excluding hydrogens is 293 g/mol. The molecule has 0 fully saturated rings. The van der Waals surface area contributed by atoms with Crippen LogP contribution in [0.5, 0.6) is 5.75 Å². The Kier molecular flexibility index (Phi) is 6.74. The topological polar surface area (TPSA) is 22.1 Å². The minimum absolute atomic E-state index is 0. The third-order valence-electron chi connectivity index (χ3n) is 2.68. The molecule has 0 amide bonds. The second kappa shape index (κ2) is 7.61. The summed E-state index contributed by atoms with van der Waals surface area (Å²) in [4.78, 5) is 4.08. The Morgan fingerprint density at radius 1 is 1.15 bits per heavy atom. The number of aromatic nitrogens is 1. The van der Waals surface area contributed by atoms with Gasteiger partial charge in [0.15, 0.2) is 0 Å². The Labute approximate surface area is 158 Å². The third kappa shape index (κ3) is 4.89. The van der Waals surface area contributed by atoms with Crippen LogP contribution in [0.4, 0.5) is 12.9 Å². The van der Waals surface area contributed by atoms with E-state index in [1.807, 2.05) is 6.07 Å². The smallest absolute Gasteiger partial charge is 0.487 e. The summed E-state index contributed by atoms with van der Waals surface area (Å²) in [5.41, 5.74) is 0.585. The first-order valence-corrected chi connectivity index (χ1v) is 5.80. The first-order chi connectivity index (χ1) is 8.97. The van der Waals surface area contributed by atoms with Crippen molar-refractivity contribution in [2.75, 3.05) is 0 Å². The van der Waals surface area contributed by atoms with Crippen molar-refractivity contribution in [1.82, 2.24) is 4.98 Å². The molecule has 2 nitrogen and oxygen atoms in total. The van der Waals surface area contributed by atoms with Crippen LogP contribution in [0.25, 0.3) is 0 Å². The van der Waals surface area contributed by atoms with Crippen molar-refractivity contribution >= 4 is 12.4 Å². The molecule has 0 saturated heterocycles. The number of halogens is 3. The number of benzene rings is 1. The largest absolute Gasteiger partial charge is 1.00 e. The molecule has 20 heavy (non-hydrogen) atoms. The van der Waals surface area contributed by atoms with E-state index in [1.165, 1.54) is 6.07 Å². The summed E-state index contributed by atoms with van der Waals surface area (Å²) >= 11 is 0. The first-order valence-electron chi connectivity index (χ1n) is 5.80. The van der Waals surface area contributed by atoms with Crippen molar-refractivity contribution in [1.29, 1.82) is 0 Å². The van der Waals surface area contributed by atoms with Gasteiger partial charge in [-0.05, 0) is 30.7 Å². The summed E-state index contributed by atoms with van der Waals surface area (Å²) in [6.07, 6.45) is 1.64. The van der Waals surface area contributed by atoms with Crippen LogP contribution in [-0.4, -0.2) is 12.0 Å². The zero-order valence-corrected chi connectivity index (χ0v) is 14.4. The summed E-state index contributed by atoms with van der Waals surface area (Å²) in [6.45, 7) is -3.13. The van der Waals surface area contributed by atoms with Gasteiger partial charge < -0.3 is 17.7 Å². The molecule has 0 aliphatic rings. The van der Waals surface area contributed by atoms with E-state index in [9.17, 15) is 12.9 Å². The number of pyridine rings is 1. The third-order valence-corrected chi connectivity index (χ3v) is 2.68. The number of hydrogen-bond donors (Lipinski definition) is 0. The van der Waals surface area contributed by atoms with Gasteiger partial charge in [0.1, 0.15) is 12.4 Å². The summed E-state index contributed by atoms with van der Waals surface area (Å²) in [6, 6.07) is 8.91. The van der Waals surface area contributed by atoms with Gasteiger partial charge in [0.25, 0.3) is 0 Å². The molecule has 0 saturated carbocycles. The summed E-state index contributed by atoms with van der Waals surface area (Å²) < 4.78 is 43.2. The van der Waals surface area contributed by atoms with Gasteiger partial charge in [-0.1, -0.05) is 18.2 Å². The maximum atomic E-state index is 12.6. The fourth-order valence-corrected chi connectivity index (χ4v) is 1.67. The predicted octanol–water partition coefficient (Wildman–Crippen LogP) is 0.0274. The van der Waals surface area contributed by atoms with Crippen molar-refractivity contribution < 1.29 is 69.1 Å². The minimum Gasteiger partial charge on any atom is -0.487 e. The molecule has 1 aromatic carbocycles. The number of nitrogens with zero attached hydrogens (tertiary/aromatic N) is 1. The number of aryl methyl sites for hydroxylation is 1. The van der Waals surface area contributed by atoms with E-state index in [2.05, 4.69) is 4.98 Å². The molecule has 0 unspecified atom stereocenters. The van der Waals surface area contributed by atoms with Crippen LogP contribution in [0.2, 0.25) is 0 Å². The van der Waals surface area contributed by atoms with Crippen LogP contribution in [0.3, 0.4) is 0 Å². The van der Waals surface area contributed by atoms with E-state index in [-0.39, 0.29) is 58.0 Å². The van der Waals surface area contributed by atoms with Crippen molar-refractivity contribution in [2.24, 2.45) is 0 Å². The van der Waals surface area contributed by atoms with Crippen LogP contribution in [0.1, 0.15) is 11.3 Å². The second-order valence-corrected chi connectivity index (χ2v) is 4.21. The van der Waals surface area contributed by atoms with Crippen molar-refractivity contribution in [3.8, 4) is 5.75 Å². The predicted molar refractivity (Wildman–Crippen MR) is 68.5 cm³/mol. The zero-order valence-electron chi connectivity index (χ0n) is 11.3. The minimum atomic E-state index is -4.97. The number of ether oxygens (including phenoxy) is 1. The van der Waals surface area contributed by atoms with Gasteiger partial charge >= 0.3 is 58.4 Å². The van der Waals surface area contributed by atoms with Crippen LogP contribution in [0.15, 0.2) is 42.6 Å². The molecule has 0 aliphatic heterocycles. The van der Waals surface area contributed by atoms with E-state index in [0.29, 0.717) is 11.3 Å². The van der Waals surface area contributed by atoms with E-state index < -0.39 is 12.4 Å². The molecule has 1 aromatic heterocycles. The monoisotopic (exact) mass is 305 g/mol. The van der Waals surface area contributed by atoms with Gasteiger partial charge in [-0.3, -0.25) is 4.98 Å². The zero-order chi connectivity index (χ0) is 13.9. The Morgan fingerprint density at radius 2 is 1.90 bits per heavy atom. The Balaban J connectivity index is 0.00000200. The van der Waals surface area contributed by atoms with Crippen LogP contribution >= 0.6 is 0 Å². The van der Waals surface area contributed by atoms with Crippen LogP contribution in [0, 0.1) is 6.92 Å². The number of rotatable bonds is 4. The standard InChI is InChI=1S/C13H12BF3NO.K/c1-10-8-11(14(15,16)17)5-6-13(10)19-9-12-4-2-3-7-18-12;/h2-8H,9H2,1H3;/q-1;+1. The molecular formula is C13H12BF3KNO. The number of hydrogen-bond acceptors (Lipinski definition) is 2. The van der Waals surface area contributed by atoms with Crippen LogP contribution in [-0.2, 0) is 6.61 Å². The molecule has 1 heterocycles. The van der Waals surface area contributed by atoms with E-state index in [4.69, 9.17) is 4.74 Å². The average Bonchev–Trinajstić information content (AvgIpc) is 2.37. The van der Waals surface area contributed by atoms with Gasteiger partial charge in [0.05, 0.1) is 5.69 Å².